The highest BCUT2D eigenvalue weighted by Crippen LogP contribution is 2.27. The summed E-state index contributed by atoms with van der Waals surface area (Å²) < 4.78 is 5.32. The summed E-state index contributed by atoms with van der Waals surface area (Å²) in [5.41, 5.74) is 0.184. The summed E-state index contributed by atoms with van der Waals surface area (Å²) in [6.07, 6.45) is 0. The molecule has 110 valence electrons. The van der Waals surface area contributed by atoms with Crippen LogP contribution in [0.1, 0.15) is 39.2 Å². The van der Waals surface area contributed by atoms with Gasteiger partial charge in [0.05, 0.1) is 11.8 Å². The van der Waals surface area contributed by atoms with Crippen LogP contribution in [0.2, 0.25) is 0 Å². The zero-order valence-corrected chi connectivity index (χ0v) is 12.3. The van der Waals surface area contributed by atoms with Crippen molar-refractivity contribution >= 4 is 5.97 Å². The van der Waals surface area contributed by atoms with Gasteiger partial charge in [0, 0.05) is 4.92 Å². The maximum Gasteiger partial charge on any atom is 0.310 e. The quantitative estimate of drug-likeness (QED) is 0.472. The highest BCUT2D eigenvalue weighted by Gasteiger charge is 2.32. The highest BCUT2D eigenvalue weighted by atomic mass is 16.6. The molecule has 2 atom stereocenters. The van der Waals surface area contributed by atoms with E-state index in [2.05, 4.69) is 0 Å². The lowest BCUT2D eigenvalue weighted by Gasteiger charge is -2.25. The lowest BCUT2D eigenvalue weighted by atomic mass is 9.87. The standard InChI is InChI=1S/C15H21NO4/c1-11(14(17)20-15(2,3)4)13(10-16(18)19)12-8-6-5-7-9-12/h5-9,11,13H,10H2,1-4H3. The van der Waals surface area contributed by atoms with Crippen LogP contribution < -0.4 is 0 Å². The van der Waals surface area contributed by atoms with Crippen molar-refractivity contribution < 1.29 is 14.5 Å². The van der Waals surface area contributed by atoms with Crippen molar-refractivity contribution in [1.29, 1.82) is 0 Å². The average Bonchev–Trinajstić information content (AvgIpc) is 2.34. The molecule has 0 N–H and O–H groups in total. The molecule has 0 fully saturated rings. The molecule has 0 saturated carbocycles. The molecule has 0 aliphatic heterocycles. The Balaban J connectivity index is 2.94. The van der Waals surface area contributed by atoms with Gasteiger partial charge in [-0.15, -0.1) is 0 Å². The van der Waals surface area contributed by atoms with Crippen LogP contribution in [0.5, 0.6) is 0 Å². The number of carbonyl (C=O) groups excluding carboxylic acids is 1. The van der Waals surface area contributed by atoms with Crippen LogP contribution in [0.15, 0.2) is 30.3 Å². The highest BCUT2D eigenvalue weighted by molar-refractivity contribution is 5.73. The number of benzene rings is 1. The Morgan fingerprint density at radius 1 is 1.30 bits per heavy atom. The first-order valence-electron chi connectivity index (χ1n) is 6.60. The van der Waals surface area contributed by atoms with Crippen LogP contribution in [0, 0.1) is 16.0 Å². The summed E-state index contributed by atoms with van der Waals surface area (Å²) in [5, 5.41) is 10.8. The Morgan fingerprint density at radius 3 is 2.30 bits per heavy atom. The van der Waals surface area contributed by atoms with Crippen LogP contribution in [-0.4, -0.2) is 23.0 Å². The first-order chi connectivity index (χ1) is 9.20. The largest absolute Gasteiger partial charge is 0.460 e. The van der Waals surface area contributed by atoms with Gasteiger partial charge in [-0.25, -0.2) is 0 Å². The van der Waals surface area contributed by atoms with Crippen molar-refractivity contribution in [2.75, 3.05) is 6.54 Å². The third-order valence-electron chi connectivity index (χ3n) is 2.96. The van der Waals surface area contributed by atoms with E-state index in [1.54, 1.807) is 39.8 Å². The number of hydrogen-bond acceptors (Lipinski definition) is 4. The van der Waals surface area contributed by atoms with E-state index >= 15 is 0 Å². The number of ether oxygens (including phenoxy) is 1. The fourth-order valence-corrected chi connectivity index (χ4v) is 1.97. The minimum atomic E-state index is -0.596. The van der Waals surface area contributed by atoms with Gasteiger partial charge in [0.2, 0.25) is 6.54 Å². The number of hydrogen-bond donors (Lipinski definition) is 0. The van der Waals surface area contributed by atoms with Crippen molar-refractivity contribution in [1.82, 2.24) is 0 Å². The topological polar surface area (TPSA) is 69.4 Å². The third-order valence-corrected chi connectivity index (χ3v) is 2.96. The van der Waals surface area contributed by atoms with E-state index in [0.29, 0.717) is 0 Å². The van der Waals surface area contributed by atoms with Crippen molar-refractivity contribution in [3.8, 4) is 0 Å². The van der Waals surface area contributed by atoms with Gasteiger partial charge in [0.1, 0.15) is 5.60 Å². The molecule has 0 saturated heterocycles. The minimum absolute atomic E-state index is 0.287. The molecule has 5 heteroatoms. The Morgan fingerprint density at radius 2 is 1.85 bits per heavy atom. The van der Waals surface area contributed by atoms with Crippen LogP contribution in [0.25, 0.3) is 0 Å². The van der Waals surface area contributed by atoms with Gasteiger partial charge in [-0.1, -0.05) is 37.3 Å². The number of nitrogens with zero attached hydrogens (tertiary/aromatic N) is 1. The normalized spacial score (nSPS) is 14.4. The van der Waals surface area contributed by atoms with Gasteiger partial charge < -0.3 is 4.74 Å². The number of esters is 1. The van der Waals surface area contributed by atoms with Crippen LogP contribution in [0.3, 0.4) is 0 Å². The van der Waals surface area contributed by atoms with Crippen molar-refractivity contribution in [3.05, 3.63) is 46.0 Å². The van der Waals surface area contributed by atoms with E-state index in [-0.39, 0.29) is 6.54 Å². The molecule has 0 aliphatic rings. The van der Waals surface area contributed by atoms with E-state index in [0.717, 1.165) is 5.56 Å². The summed E-state index contributed by atoms with van der Waals surface area (Å²) in [5.74, 6) is -1.46. The number of rotatable bonds is 5. The smallest absolute Gasteiger partial charge is 0.310 e. The molecule has 20 heavy (non-hydrogen) atoms. The van der Waals surface area contributed by atoms with Crippen LogP contribution in [-0.2, 0) is 9.53 Å². The van der Waals surface area contributed by atoms with E-state index in [9.17, 15) is 14.9 Å². The van der Waals surface area contributed by atoms with Crippen molar-refractivity contribution in [3.63, 3.8) is 0 Å². The molecule has 0 aromatic heterocycles. The van der Waals surface area contributed by atoms with Gasteiger partial charge >= 0.3 is 5.97 Å². The van der Waals surface area contributed by atoms with Crippen molar-refractivity contribution in [2.45, 2.75) is 39.2 Å². The number of carbonyl (C=O) groups is 1. The minimum Gasteiger partial charge on any atom is -0.460 e. The lowest BCUT2D eigenvalue weighted by Crippen LogP contribution is -2.32. The molecule has 0 aliphatic carbocycles. The molecule has 1 rings (SSSR count). The summed E-state index contributed by atoms with van der Waals surface area (Å²) in [4.78, 5) is 22.6. The van der Waals surface area contributed by atoms with Gasteiger partial charge in [0.25, 0.3) is 0 Å². The first-order valence-corrected chi connectivity index (χ1v) is 6.60. The van der Waals surface area contributed by atoms with Crippen LogP contribution >= 0.6 is 0 Å². The predicted molar refractivity (Wildman–Crippen MR) is 76.1 cm³/mol. The maximum atomic E-state index is 12.1. The Bertz CT molecular complexity index is 465. The SMILES string of the molecule is CC(C(=O)OC(C)(C)C)C(C[N+](=O)[O-])c1ccccc1. The van der Waals surface area contributed by atoms with Gasteiger partial charge in [-0.3, -0.25) is 14.9 Å². The molecular formula is C15H21NO4. The molecular weight excluding hydrogens is 258 g/mol. The third kappa shape index (κ3) is 4.99. The first kappa shape index (κ1) is 16.1. The summed E-state index contributed by atoms with van der Waals surface area (Å²) in [6, 6.07) is 9.06. The van der Waals surface area contributed by atoms with Gasteiger partial charge in [-0.2, -0.15) is 0 Å². The van der Waals surface area contributed by atoms with E-state index < -0.39 is 28.3 Å². The molecule has 0 spiro atoms. The molecule has 0 radical (unpaired) electrons. The second kappa shape index (κ2) is 6.50. The fraction of sp³-hybridized carbons (Fsp3) is 0.533. The predicted octanol–water partition coefficient (Wildman–Crippen LogP) is 3.02. The second-order valence-corrected chi connectivity index (χ2v) is 5.85. The monoisotopic (exact) mass is 279 g/mol. The molecule has 5 nitrogen and oxygen atoms in total. The molecule has 0 bridgehead atoms. The zero-order chi connectivity index (χ0) is 15.3. The lowest BCUT2D eigenvalue weighted by molar-refractivity contribution is -0.484. The van der Waals surface area contributed by atoms with Gasteiger partial charge in [-0.05, 0) is 26.3 Å². The molecule has 0 amide bonds. The fourth-order valence-electron chi connectivity index (χ4n) is 1.97. The van der Waals surface area contributed by atoms with E-state index in [4.69, 9.17) is 4.74 Å². The number of nitro groups is 1. The Labute approximate surface area is 119 Å². The summed E-state index contributed by atoms with van der Waals surface area (Å²) >= 11 is 0. The molecule has 0 heterocycles. The molecule has 2 unspecified atom stereocenters. The summed E-state index contributed by atoms with van der Waals surface area (Å²) in [7, 11) is 0. The Kier molecular flexibility index (Phi) is 5.25. The van der Waals surface area contributed by atoms with Crippen molar-refractivity contribution in [2.24, 2.45) is 5.92 Å². The maximum absolute atomic E-state index is 12.1. The van der Waals surface area contributed by atoms with Crippen LogP contribution in [0.4, 0.5) is 0 Å². The zero-order valence-electron chi connectivity index (χ0n) is 12.3. The second-order valence-electron chi connectivity index (χ2n) is 5.85. The van der Waals surface area contributed by atoms with Gasteiger partial charge in [0.15, 0.2) is 0 Å². The summed E-state index contributed by atoms with van der Waals surface area (Å²) in [6.45, 7) is 6.73. The molecule has 1 aromatic rings. The van der Waals surface area contributed by atoms with E-state index in [1.807, 2.05) is 18.2 Å². The van der Waals surface area contributed by atoms with E-state index in [1.165, 1.54) is 0 Å². The Hall–Kier alpha value is -1.91. The average molecular weight is 279 g/mol. The molecule has 1 aromatic carbocycles.